The van der Waals surface area contributed by atoms with Gasteiger partial charge < -0.3 is 19.7 Å². The molecule has 3 aromatic carbocycles. The Balaban J connectivity index is 1.45. The number of hydrogen-bond acceptors (Lipinski definition) is 6. The van der Waals surface area contributed by atoms with Crippen LogP contribution in [0, 0.1) is 0 Å². The molecule has 8 nitrogen and oxygen atoms in total. The van der Waals surface area contributed by atoms with Crippen LogP contribution in [0.2, 0.25) is 0 Å². The molecule has 0 saturated carbocycles. The Morgan fingerprint density at radius 2 is 1.54 bits per heavy atom. The molecule has 0 aromatic heterocycles. The van der Waals surface area contributed by atoms with Crippen LogP contribution in [0.4, 0.5) is 17.1 Å². The Kier molecular flexibility index (Phi) is 7.57. The van der Waals surface area contributed by atoms with Gasteiger partial charge in [0.05, 0.1) is 25.2 Å². The van der Waals surface area contributed by atoms with Crippen molar-refractivity contribution in [2.45, 2.75) is 13.0 Å². The van der Waals surface area contributed by atoms with Gasteiger partial charge in [0.1, 0.15) is 17.5 Å². The van der Waals surface area contributed by atoms with E-state index in [1.165, 1.54) is 0 Å². The van der Waals surface area contributed by atoms with Crippen LogP contribution in [0.5, 0.6) is 11.5 Å². The van der Waals surface area contributed by atoms with E-state index in [2.05, 4.69) is 10.2 Å². The minimum atomic E-state index is -3.73. The summed E-state index contributed by atoms with van der Waals surface area (Å²) < 4.78 is 37.5. The lowest BCUT2D eigenvalue weighted by atomic mass is 10.2. The van der Waals surface area contributed by atoms with Crippen LogP contribution in [0.25, 0.3) is 0 Å². The maximum absolute atomic E-state index is 13.0. The number of sulfonamides is 1. The summed E-state index contributed by atoms with van der Waals surface area (Å²) in [5, 5.41) is 2.83. The molecule has 1 amide bonds. The molecular weight excluding hydrogens is 466 g/mol. The number of amides is 1. The lowest BCUT2D eigenvalue weighted by Crippen LogP contribution is -2.45. The summed E-state index contributed by atoms with van der Waals surface area (Å²) in [6.07, 6.45) is 1.09. The third-order valence-electron chi connectivity index (χ3n) is 5.67. The number of benzene rings is 3. The molecule has 0 unspecified atom stereocenters. The van der Waals surface area contributed by atoms with E-state index in [0.29, 0.717) is 36.1 Å². The van der Waals surface area contributed by atoms with Gasteiger partial charge in [-0.2, -0.15) is 0 Å². The van der Waals surface area contributed by atoms with Gasteiger partial charge in [-0.15, -0.1) is 0 Å². The Morgan fingerprint density at radius 3 is 2.14 bits per heavy atom. The van der Waals surface area contributed by atoms with Gasteiger partial charge in [0, 0.05) is 24.5 Å². The fourth-order valence-electron chi connectivity index (χ4n) is 3.92. The van der Waals surface area contributed by atoms with E-state index in [1.807, 2.05) is 54.6 Å². The molecule has 0 radical (unpaired) electrons. The van der Waals surface area contributed by atoms with Crippen LogP contribution in [0.1, 0.15) is 6.92 Å². The van der Waals surface area contributed by atoms with Crippen molar-refractivity contribution in [2.75, 3.05) is 47.1 Å². The molecule has 3 aromatic rings. The van der Waals surface area contributed by atoms with Crippen LogP contribution in [0.3, 0.4) is 0 Å². The van der Waals surface area contributed by atoms with E-state index >= 15 is 0 Å². The van der Waals surface area contributed by atoms with Gasteiger partial charge in [0.15, 0.2) is 0 Å². The molecular formula is C26H29N3O5S. The molecule has 1 atom stereocenters. The number of ether oxygens (including phenoxy) is 2. The average Bonchev–Trinajstić information content (AvgIpc) is 2.86. The molecule has 0 spiro atoms. The van der Waals surface area contributed by atoms with Gasteiger partial charge in [-0.25, -0.2) is 8.42 Å². The first-order chi connectivity index (χ1) is 16.8. The summed E-state index contributed by atoms with van der Waals surface area (Å²) in [6, 6.07) is 22.4. The number of carbonyl (C=O) groups is 1. The smallest absolute Gasteiger partial charge is 0.247 e. The highest BCUT2D eigenvalue weighted by Gasteiger charge is 2.29. The second kappa shape index (κ2) is 10.8. The van der Waals surface area contributed by atoms with Crippen LogP contribution < -0.4 is 19.3 Å². The van der Waals surface area contributed by atoms with Gasteiger partial charge in [0.25, 0.3) is 0 Å². The van der Waals surface area contributed by atoms with Crippen molar-refractivity contribution in [3.05, 3.63) is 78.9 Å². The molecule has 1 N–H and O–H groups in total. The van der Waals surface area contributed by atoms with Crippen molar-refractivity contribution in [1.29, 1.82) is 0 Å². The highest BCUT2D eigenvalue weighted by molar-refractivity contribution is 7.92. The third-order valence-corrected chi connectivity index (χ3v) is 6.91. The minimum absolute atomic E-state index is 0.373. The second-order valence-electron chi connectivity index (χ2n) is 8.28. The van der Waals surface area contributed by atoms with Gasteiger partial charge in [0.2, 0.25) is 15.9 Å². The van der Waals surface area contributed by atoms with E-state index in [1.54, 1.807) is 31.2 Å². The Morgan fingerprint density at radius 1 is 0.943 bits per heavy atom. The standard InChI is InChI=1S/C26H29N3O5S/c1-20(26(30)27-21-8-10-22(11-9-21)28-16-18-33-19-17-28)29(35(2,31)32)23-12-14-25(15-13-23)34-24-6-4-3-5-7-24/h3-15,20H,16-19H2,1-2H3,(H,27,30)/t20-/m1/s1. The van der Waals surface area contributed by atoms with Crippen LogP contribution in [-0.4, -0.2) is 52.9 Å². The zero-order chi connectivity index (χ0) is 24.8. The fourth-order valence-corrected chi connectivity index (χ4v) is 5.09. The van der Waals surface area contributed by atoms with Crippen molar-refractivity contribution < 1.29 is 22.7 Å². The van der Waals surface area contributed by atoms with Gasteiger partial charge in [-0.3, -0.25) is 9.10 Å². The fraction of sp³-hybridized carbons (Fsp3) is 0.269. The molecule has 9 heteroatoms. The van der Waals surface area contributed by atoms with Crippen LogP contribution in [-0.2, 0) is 19.6 Å². The highest BCUT2D eigenvalue weighted by atomic mass is 32.2. The topological polar surface area (TPSA) is 88.2 Å². The van der Waals surface area contributed by atoms with Crippen molar-refractivity contribution in [3.63, 3.8) is 0 Å². The first kappa shape index (κ1) is 24.6. The number of rotatable bonds is 8. The molecule has 0 bridgehead atoms. The molecule has 1 heterocycles. The first-order valence-electron chi connectivity index (χ1n) is 11.4. The predicted octanol–water partition coefficient (Wildman–Crippen LogP) is 4.11. The Hall–Kier alpha value is -3.56. The molecule has 35 heavy (non-hydrogen) atoms. The van der Waals surface area contributed by atoms with Gasteiger partial charge in [-0.05, 0) is 67.6 Å². The Labute approximate surface area is 206 Å². The zero-order valence-corrected chi connectivity index (χ0v) is 20.6. The van der Waals surface area contributed by atoms with Crippen molar-refractivity contribution in [3.8, 4) is 11.5 Å². The number of nitrogens with zero attached hydrogens (tertiary/aromatic N) is 2. The number of carbonyl (C=O) groups excluding carboxylic acids is 1. The van der Waals surface area contributed by atoms with Crippen molar-refractivity contribution in [2.24, 2.45) is 0 Å². The molecule has 0 aliphatic carbocycles. The maximum atomic E-state index is 13.0. The van der Waals surface area contributed by atoms with E-state index in [9.17, 15) is 13.2 Å². The molecule has 1 fully saturated rings. The summed E-state index contributed by atoms with van der Waals surface area (Å²) in [5.74, 6) is 0.803. The van der Waals surface area contributed by atoms with E-state index in [4.69, 9.17) is 9.47 Å². The van der Waals surface area contributed by atoms with Gasteiger partial charge in [-0.1, -0.05) is 18.2 Å². The monoisotopic (exact) mass is 495 g/mol. The van der Waals surface area contributed by atoms with E-state index in [0.717, 1.165) is 29.3 Å². The molecule has 184 valence electrons. The number of nitrogens with one attached hydrogen (secondary N) is 1. The number of anilines is 3. The summed E-state index contributed by atoms with van der Waals surface area (Å²) in [5.41, 5.74) is 2.02. The molecule has 4 rings (SSSR count). The van der Waals surface area contributed by atoms with Crippen LogP contribution in [0.15, 0.2) is 78.9 Å². The summed E-state index contributed by atoms with van der Waals surface area (Å²) >= 11 is 0. The number of para-hydroxylation sites is 1. The number of morpholine rings is 1. The summed E-state index contributed by atoms with van der Waals surface area (Å²) in [7, 11) is -3.73. The summed E-state index contributed by atoms with van der Waals surface area (Å²) in [4.78, 5) is 15.2. The first-order valence-corrected chi connectivity index (χ1v) is 13.2. The van der Waals surface area contributed by atoms with Crippen molar-refractivity contribution in [1.82, 2.24) is 0 Å². The zero-order valence-electron chi connectivity index (χ0n) is 19.8. The lowest BCUT2D eigenvalue weighted by molar-refractivity contribution is -0.116. The quantitative estimate of drug-likeness (QED) is 0.506. The maximum Gasteiger partial charge on any atom is 0.247 e. The predicted molar refractivity (Wildman–Crippen MR) is 138 cm³/mol. The van der Waals surface area contributed by atoms with Crippen LogP contribution >= 0.6 is 0 Å². The second-order valence-corrected chi connectivity index (χ2v) is 10.1. The normalized spacial score (nSPS) is 14.7. The molecule has 1 aliphatic heterocycles. The average molecular weight is 496 g/mol. The van der Waals surface area contributed by atoms with E-state index in [-0.39, 0.29) is 0 Å². The van der Waals surface area contributed by atoms with E-state index < -0.39 is 22.0 Å². The summed E-state index contributed by atoms with van der Waals surface area (Å²) in [6.45, 7) is 4.59. The minimum Gasteiger partial charge on any atom is -0.457 e. The largest absolute Gasteiger partial charge is 0.457 e. The highest BCUT2D eigenvalue weighted by Crippen LogP contribution is 2.27. The third kappa shape index (κ3) is 6.32. The molecule has 1 aliphatic rings. The van der Waals surface area contributed by atoms with Gasteiger partial charge >= 0.3 is 0 Å². The number of hydrogen-bond donors (Lipinski definition) is 1. The SMILES string of the molecule is C[C@H](C(=O)Nc1ccc(N2CCOCC2)cc1)N(c1ccc(Oc2ccccc2)cc1)S(C)(=O)=O. The lowest BCUT2D eigenvalue weighted by Gasteiger charge is -2.29. The Bertz CT molecular complexity index is 1230. The molecule has 1 saturated heterocycles. The van der Waals surface area contributed by atoms with Crippen molar-refractivity contribution >= 4 is 33.0 Å².